The third kappa shape index (κ3) is 2.94. The number of ether oxygens (including phenoxy) is 1. The van der Waals surface area contributed by atoms with Crippen LogP contribution in [0.4, 0.5) is 10.8 Å². The predicted molar refractivity (Wildman–Crippen MR) is 78.7 cm³/mol. The van der Waals surface area contributed by atoms with Gasteiger partial charge in [-0.1, -0.05) is 0 Å². The fourth-order valence-corrected chi connectivity index (χ4v) is 2.99. The molecule has 0 unspecified atom stereocenters. The molecule has 2 aromatic heterocycles. The van der Waals surface area contributed by atoms with E-state index in [0.29, 0.717) is 11.6 Å². The highest BCUT2D eigenvalue weighted by atomic mass is 32.1. The molecular formula is C12H17N3OS2. The summed E-state index contributed by atoms with van der Waals surface area (Å²) in [5.41, 5.74) is 7.11. The first-order valence-corrected chi connectivity index (χ1v) is 7.42. The molecule has 0 aliphatic rings. The van der Waals surface area contributed by atoms with Gasteiger partial charge in [-0.05, 0) is 49.3 Å². The van der Waals surface area contributed by atoms with Crippen molar-refractivity contribution in [1.29, 1.82) is 0 Å². The minimum atomic E-state index is 0.0905. The van der Waals surface area contributed by atoms with Gasteiger partial charge in [-0.15, -0.1) is 11.3 Å². The van der Waals surface area contributed by atoms with E-state index >= 15 is 0 Å². The van der Waals surface area contributed by atoms with Crippen LogP contribution in [0.25, 0.3) is 0 Å². The average molecular weight is 283 g/mol. The molecule has 0 radical (unpaired) electrons. The third-order valence-corrected chi connectivity index (χ3v) is 4.23. The van der Waals surface area contributed by atoms with Crippen LogP contribution in [-0.2, 0) is 6.54 Å². The predicted octanol–water partition coefficient (Wildman–Crippen LogP) is 3.49. The van der Waals surface area contributed by atoms with E-state index in [1.165, 1.54) is 22.0 Å². The lowest BCUT2D eigenvalue weighted by atomic mass is 10.3. The van der Waals surface area contributed by atoms with Crippen molar-refractivity contribution in [1.82, 2.24) is 4.37 Å². The maximum Gasteiger partial charge on any atom is 0.197 e. The fraction of sp³-hybridized carbons (Fsp3) is 0.417. The number of aryl methyl sites for hydroxylation is 1. The van der Waals surface area contributed by atoms with Crippen molar-refractivity contribution in [3.8, 4) is 5.75 Å². The highest BCUT2D eigenvalue weighted by Crippen LogP contribution is 2.36. The summed E-state index contributed by atoms with van der Waals surface area (Å²) in [6, 6.07) is 2.12. The van der Waals surface area contributed by atoms with E-state index in [1.807, 2.05) is 13.8 Å². The molecule has 2 heterocycles. The lowest BCUT2D eigenvalue weighted by Crippen LogP contribution is -2.08. The monoisotopic (exact) mass is 283 g/mol. The van der Waals surface area contributed by atoms with Crippen LogP contribution in [0.3, 0.4) is 0 Å². The van der Waals surface area contributed by atoms with E-state index in [1.54, 1.807) is 11.3 Å². The van der Waals surface area contributed by atoms with Crippen LogP contribution < -0.4 is 15.8 Å². The maximum atomic E-state index is 5.81. The number of hydrogen-bond donors (Lipinski definition) is 2. The summed E-state index contributed by atoms with van der Waals surface area (Å²) in [7, 11) is 0. The van der Waals surface area contributed by atoms with Crippen molar-refractivity contribution in [2.45, 2.75) is 33.4 Å². The second-order valence-electron chi connectivity index (χ2n) is 4.27. The number of thiophene rings is 1. The number of nitrogens with two attached hydrogens (primary N) is 1. The van der Waals surface area contributed by atoms with Gasteiger partial charge in [-0.2, -0.15) is 4.37 Å². The smallest absolute Gasteiger partial charge is 0.197 e. The molecule has 98 valence electrons. The molecule has 0 aliphatic heterocycles. The minimum absolute atomic E-state index is 0.0905. The van der Waals surface area contributed by atoms with Crippen molar-refractivity contribution in [3.05, 3.63) is 21.9 Å². The minimum Gasteiger partial charge on any atom is -0.484 e. The van der Waals surface area contributed by atoms with Gasteiger partial charge in [0.05, 0.1) is 12.6 Å². The third-order valence-electron chi connectivity index (χ3n) is 2.41. The Balaban J connectivity index is 2.07. The second-order valence-corrected chi connectivity index (χ2v) is 6.05. The van der Waals surface area contributed by atoms with Crippen molar-refractivity contribution < 1.29 is 4.74 Å². The first-order valence-electron chi connectivity index (χ1n) is 5.76. The zero-order chi connectivity index (χ0) is 13.1. The number of anilines is 2. The Morgan fingerprint density at radius 2 is 2.28 bits per heavy atom. The SMILES string of the molecule is Cc1ccsc1CNc1snc(N)c1OC(C)C. The van der Waals surface area contributed by atoms with Crippen molar-refractivity contribution in [2.75, 3.05) is 11.1 Å². The zero-order valence-electron chi connectivity index (χ0n) is 10.7. The van der Waals surface area contributed by atoms with Gasteiger partial charge in [0.2, 0.25) is 0 Å². The number of nitrogens with zero attached hydrogens (tertiary/aromatic N) is 1. The number of nitrogens with one attached hydrogen (secondary N) is 1. The fourth-order valence-electron chi connectivity index (χ4n) is 1.50. The molecular weight excluding hydrogens is 266 g/mol. The maximum absolute atomic E-state index is 5.81. The molecule has 2 aromatic rings. The number of nitrogen functional groups attached to an aromatic ring is 1. The van der Waals surface area contributed by atoms with E-state index in [9.17, 15) is 0 Å². The highest BCUT2D eigenvalue weighted by Gasteiger charge is 2.14. The highest BCUT2D eigenvalue weighted by molar-refractivity contribution is 7.11. The molecule has 0 fully saturated rings. The Labute approximate surface area is 115 Å². The average Bonchev–Trinajstić information content (AvgIpc) is 2.85. The van der Waals surface area contributed by atoms with E-state index in [-0.39, 0.29) is 6.10 Å². The molecule has 0 atom stereocenters. The number of rotatable bonds is 5. The van der Waals surface area contributed by atoms with Crippen LogP contribution in [0.2, 0.25) is 0 Å². The van der Waals surface area contributed by atoms with E-state index < -0.39 is 0 Å². The van der Waals surface area contributed by atoms with E-state index in [2.05, 4.69) is 28.1 Å². The van der Waals surface area contributed by atoms with Crippen molar-refractivity contribution in [3.63, 3.8) is 0 Å². The van der Waals surface area contributed by atoms with Gasteiger partial charge in [-0.3, -0.25) is 0 Å². The van der Waals surface area contributed by atoms with Gasteiger partial charge >= 0.3 is 0 Å². The van der Waals surface area contributed by atoms with Gasteiger partial charge in [0.1, 0.15) is 0 Å². The van der Waals surface area contributed by atoms with Gasteiger partial charge < -0.3 is 15.8 Å². The Morgan fingerprint density at radius 3 is 2.89 bits per heavy atom. The molecule has 0 saturated heterocycles. The molecule has 2 rings (SSSR count). The lowest BCUT2D eigenvalue weighted by Gasteiger charge is -2.11. The van der Waals surface area contributed by atoms with Gasteiger partial charge in [0, 0.05) is 4.88 Å². The van der Waals surface area contributed by atoms with Crippen LogP contribution in [0.5, 0.6) is 5.75 Å². The largest absolute Gasteiger partial charge is 0.484 e. The number of aromatic nitrogens is 1. The van der Waals surface area contributed by atoms with Crippen molar-refractivity contribution in [2.24, 2.45) is 0 Å². The molecule has 0 aliphatic carbocycles. The zero-order valence-corrected chi connectivity index (χ0v) is 12.3. The van der Waals surface area contributed by atoms with Crippen LogP contribution in [0.1, 0.15) is 24.3 Å². The van der Waals surface area contributed by atoms with Crippen LogP contribution >= 0.6 is 22.9 Å². The molecule has 6 heteroatoms. The van der Waals surface area contributed by atoms with Crippen LogP contribution in [0.15, 0.2) is 11.4 Å². The van der Waals surface area contributed by atoms with E-state index in [4.69, 9.17) is 10.5 Å². The first kappa shape index (κ1) is 13.2. The Kier molecular flexibility index (Phi) is 4.08. The summed E-state index contributed by atoms with van der Waals surface area (Å²) in [5, 5.41) is 6.34. The molecule has 0 amide bonds. The molecule has 0 aromatic carbocycles. The number of hydrogen-bond acceptors (Lipinski definition) is 6. The summed E-state index contributed by atoms with van der Waals surface area (Å²) in [5.74, 6) is 1.13. The van der Waals surface area contributed by atoms with Crippen LogP contribution in [-0.4, -0.2) is 10.5 Å². The topological polar surface area (TPSA) is 60.2 Å². The summed E-state index contributed by atoms with van der Waals surface area (Å²) in [6.45, 7) is 6.84. The Bertz CT molecular complexity index is 519. The Hall–Kier alpha value is -1.27. The standard InChI is InChI=1S/C12H17N3OS2/c1-7(2)16-10-11(13)15-18-12(10)14-6-9-8(3)4-5-17-9/h4-5,7,14H,6H2,1-3H3,(H2,13,15). The quantitative estimate of drug-likeness (QED) is 0.881. The first-order chi connectivity index (χ1) is 8.58. The summed E-state index contributed by atoms with van der Waals surface area (Å²) in [6.07, 6.45) is 0.0905. The summed E-state index contributed by atoms with van der Waals surface area (Å²) < 4.78 is 9.81. The molecule has 0 saturated carbocycles. The van der Waals surface area contributed by atoms with Gasteiger partial charge in [0.15, 0.2) is 16.6 Å². The van der Waals surface area contributed by atoms with Gasteiger partial charge in [0.25, 0.3) is 0 Å². The molecule has 3 N–H and O–H groups in total. The lowest BCUT2D eigenvalue weighted by molar-refractivity contribution is 0.245. The second kappa shape index (κ2) is 5.58. The normalized spacial score (nSPS) is 10.9. The molecule has 18 heavy (non-hydrogen) atoms. The molecule has 0 bridgehead atoms. The Morgan fingerprint density at radius 1 is 1.50 bits per heavy atom. The van der Waals surface area contributed by atoms with Crippen molar-refractivity contribution >= 4 is 33.7 Å². The molecule has 0 spiro atoms. The van der Waals surface area contributed by atoms with Crippen LogP contribution in [0, 0.1) is 6.92 Å². The van der Waals surface area contributed by atoms with Gasteiger partial charge in [-0.25, -0.2) is 0 Å². The molecule has 4 nitrogen and oxygen atoms in total. The summed E-state index contributed by atoms with van der Waals surface area (Å²) in [4.78, 5) is 1.32. The van der Waals surface area contributed by atoms with E-state index in [0.717, 1.165) is 11.5 Å². The summed E-state index contributed by atoms with van der Waals surface area (Å²) >= 11 is 3.08.